The van der Waals surface area contributed by atoms with E-state index in [1.807, 2.05) is 25.1 Å². The van der Waals surface area contributed by atoms with Crippen molar-refractivity contribution >= 4 is 11.0 Å². The quantitative estimate of drug-likeness (QED) is 0.480. The summed E-state index contributed by atoms with van der Waals surface area (Å²) in [6, 6.07) is 11.0. The largest absolute Gasteiger partial charge is 0.493 e. The minimum atomic E-state index is -0.407. The number of piperazine rings is 1. The van der Waals surface area contributed by atoms with Crippen molar-refractivity contribution in [2.24, 2.45) is 0 Å². The van der Waals surface area contributed by atoms with Gasteiger partial charge < -0.3 is 23.7 Å². The molecule has 2 aromatic carbocycles. The predicted octanol–water partition coefficient (Wildman–Crippen LogP) is 2.77. The van der Waals surface area contributed by atoms with E-state index in [9.17, 15) is 4.79 Å². The smallest absolute Gasteiger partial charge is 0.344 e. The highest BCUT2D eigenvalue weighted by molar-refractivity contribution is 5.87. The van der Waals surface area contributed by atoms with Crippen LogP contribution in [0.3, 0.4) is 0 Å². The first-order chi connectivity index (χ1) is 16.5. The first-order valence-corrected chi connectivity index (χ1v) is 11.5. The molecule has 0 spiro atoms. The van der Waals surface area contributed by atoms with E-state index in [1.54, 1.807) is 32.4 Å². The Morgan fingerprint density at radius 3 is 2.32 bits per heavy atom. The van der Waals surface area contributed by atoms with Crippen LogP contribution >= 0.6 is 0 Å². The summed E-state index contributed by atoms with van der Waals surface area (Å²) in [5.41, 5.74) is 2.15. The average Bonchev–Trinajstić information content (AvgIpc) is 2.85. The molecule has 0 atom stereocenters. The van der Waals surface area contributed by atoms with Gasteiger partial charge in [0.2, 0.25) is 0 Å². The van der Waals surface area contributed by atoms with Gasteiger partial charge in [-0.2, -0.15) is 0 Å². The predicted molar refractivity (Wildman–Crippen MR) is 131 cm³/mol. The minimum Gasteiger partial charge on any atom is -0.493 e. The molecule has 0 bridgehead atoms. The lowest BCUT2D eigenvalue weighted by Gasteiger charge is -2.34. The Morgan fingerprint density at radius 1 is 0.941 bits per heavy atom. The molecule has 182 valence electrons. The zero-order valence-corrected chi connectivity index (χ0v) is 20.0. The van der Waals surface area contributed by atoms with Gasteiger partial charge in [0.1, 0.15) is 17.9 Å². The molecule has 8 nitrogen and oxygen atoms in total. The summed E-state index contributed by atoms with van der Waals surface area (Å²) < 4.78 is 22.3. The van der Waals surface area contributed by atoms with Crippen LogP contribution in [-0.4, -0.2) is 81.6 Å². The number of aryl methyl sites for hydroxylation is 1. The number of ether oxygens (including phenoxy) is 3. The summed E-state index contributed by atoms with van der Waals surface area (Å²) in [5.74, 6) is 1.83. The topological polar surface area (TPSA) is 84.6 Å². The van der Waals surface area contributed by atoms with E-state index in [0.717, 1.165) is 50.2 Å². The molecule has 1 fully saturated rings. The Hall–Kier alpha value is -3.07. The highest BCUT2D eigenvalue weighted by Gasteiger charge is 2.18. The van der Waals surface area contributed by atoms with Crippen molar-refractivity contribution in [1.29, 1.82) is 0 Å². The summed E-state index contributed by atoms with van der Waals surface area (Å²) in [6.45, 7) is 8.10. The zero-order valence-electron chi connectivity index (χ0n) is 20.0. The Balaban J connectivity index is 1.47. The number of aliphatic hydroxyl groups is 1. The molecule has 1 saturated heterocycles. The van der Waals surface area contributed by atoms with Gasteiger partial charge in [-0.1, -0.05) is 6.07 Å². The molecule has 0 aliphatic carbocycles. The maximum atomic E-state index is 12.9. The van der Waals surface area contributed by atoms with Crippen molar-refractivity contribution in [3.05, 3.63) is 52.4 Å². The number of β-amino-alcohol motifs (C(OH)–C–C–N with tert-alkyl or cyclic N) is 1. The maximum absolute atomic E-state index is 12.9. The number of nitrogens with zero attached hydrogens (tertiary/aromatic N) is 2. The molecule has 2 heterocycles. The fourth-order valence-electron chi connectivity index (χ4n) is 4.42. The van der Waals surface area contributed by atoms with Gasteiger partial charge in [0.15, 0.2) is 11.5 Å². The van der Waals surface area contributed by atoms with Gasteiger partial charge in [0.05, 0.1) is 26.4 Å². The summed E-state index contributed by atoms with van der Waals surface area (Å²) in [6.07, 6.45) is 0. The summed E-state index contributed by atoms with van der Waals surface area (Å²) in [4.78, 5) is 17.5. The fourth-order valence-corrected chi connectivity index (χ4v) is 4.42. The SMILES string of the molecule is COc1ccc(-c2c(C)c3ccc(OCCN4CCN(CCO)CC4)cc3oc2=O)cc1OC. The number of fused-ring (bicyclic) bond motifs is 1. The van der Waals surface area contributed by atoms with Crippen LogP contribution in [-0.2, 0) is 0 Å². The van der Waals surface area contributed by atoms with Crippen molar-refractivity contribution in [2.75, 3.05) is 66.7 Å². The molecule has 8 heteroatoms. The van der Waals surface area contributed by atoms with Crippen LogP contribution < -0.4 is 19.8 Å². The van der Waals surface area contributed by atoms with Gasteiger partial charge in [-0.3, -0.25) is 9.80 Å². The van der Waals surface area contributed by atoms with Crippen molar-refractivity contribution in [1.82, 2.24) is 9.80 Å². The molecule has 1 aromatic heterocycles. The lowest BCUT2D eigenvalue weighted by molar-refractivity contribution is 0.102. The summed E-state index contributed by atoms with van der Waals surface area (Å²) in [7, 11) is 3.14. The van der Waals surface area contributed by atoms with Crippen LogP contribution in [0.4, 0.5) is 0 Å². The standard InChI is InChI=1S/C26H32N2O6/c1-18-21-6-5-20(33-15-13-28-10-8-27(9-11-28)12-14-29)17-23(21)34-26(30)25(18)19-4-7-22(31-2)24(16-19)32-3/h4-7,16-17,29H,8-15H2,1-3H3. The Labute approximate surface area is 199 Å². The van der Waals surface area contributed by atoms with E-state index in [1.165, 1.54) is 0 Å². The molecular formula is C26H32N2O6. The zero-order chi connectivity index (χ0) is 24.1. The minimum absolute atomic E-state index is 0.205. The van der Waals surface area contributed by atoms with Crippen molar-refractivity contribution in [3.63, 3.8) is 0 Å². The molecule has 0 saturated carbocycles. The first kappa shape index (κ1) is 24.1. The second-order valence-electron chi connectivity index (χ2n) is 8.37. The number of benzene rings is 2. The highest BCUT2D eigenvalue weighted by atomic mass is 16.5. The monoisotopic (exact) mass is 468 g/mol. The van der Waals surface area contributed by atoms with E-state index >= 15 is 0 Å². The first-order valence-electron chi connectivity index (χ1n) is 11.5. The van der Waals surface area contributed by atoms with Gasteiger partial charge >= 0.3 is 5.63 Å². The van der Waals surface area contributed by atoms with Crippen LogP contribution in [0.2, 0.25) is 0 Å². The van der Waals surface area contributed by atoms with E-state index in [-0.39, 0.29) is 6.61 Å². The number of methoxy groups -OCH3 is 2. The van der Waals surface area contributed by atoms with Crippen LogP contribution in [0.25, 0.3) is 22.1 Å². The van der Waals surface area contributed by atoms with E-state index in [4.69, 9.17) is 23.7 Å². The second kappa shape index (κ2) is 10.9. The Morgan fingerprint density at radius 2 is 1.65 bits per heavy atom. The van der Waals surface area contributed by atoms with Gasteiger partial charge in [0, 0.05) is 50.7 Å². The lowest BCUT2D eigenvalue weighted by atomic mass is 9.99. The highest BCUT2D eigenvalue weighted by Crippen LogP contribution is 2.34. The third-order valence-corrected chi connectivity index (χ3v) is 6.37. The molecule has 0 radical (unpaired) electrons. The molecule has 1 aliphatic rings. The Bertz CT molecular complexity index is 1180. The molecular weight excluding hydrogens is 436 g/mol. The fraction of sp³-hybridized carbons (Fsp3) is 0.423. The van der Waals surface area contributed by atoms with Crippen LogP contribution in [0.15, 0.2) is 45.6 Å². The number of rotatable bonds is 9. The molecule has 3 aromatic rings. The van der Waals surface area contributed by atoms with Crippen LogP contribution in [0, 0.1) is 6.92 Å². The normalized spacial score (nSPS) is 14.9. The molecule has 0 unspecified atom stereocenters. The third kappa shape index (κ3) is 5.19. The second-order valence-corrected chi connectivity index (χ2v) is 8.37. The number of hydrogen-bond acceptors (Lipinski definition) is 8. The van der Waals surface area contributed by atoms with Crippen molar-refractivity contribution in [2.45, 2.75) is 6.92 Å². The van der Waals surface area contributed by atoms with Crippen molar-refractivity contribution in [3.8, 4) is 28.4 Å². The number of hydrogen-bond donors (Lipinski definition) is 1. The lowest BCUT2D eigenvalue weighted by Crippen LogP contribution is -2.48. The van der Waals surface area contributed by atoms with E-state index < -0.39 is 5.63 Å². The average molecular weight is 469 g/mol. The van der Waals surface area contributed by atoms with E-state index in [2.05, 4.69) is 9.80 Å². The van der Waals surface area contributed by atoms with Gasteiger partial charge in [-0.15, -0.1) is 0 Å². The maximum Gasteiger partial charge on any atom is 0.344 e. The van der Waals surface area contributed by atoms with Gasteiger partial charge in [0.25, 0.3) is 0 Å². The van der Waals surface area contributed by atoms with Crippen molar-refractivity contribution < 1.29 is 23.7 Å². The van der Waals surface area contributed by atoms with Crippen LogP contribution in [0.5, 0.6) is 17.2 Å². The molecule has 0 amide bonds. The Kier molecular flexibility index (Phi) is 7.72. The van der Waals surface area contributed by atoms with E-state index in [0.29, 0.717) is 40.6 Å². The summed E-state index contributed by atoms with van der Waals surface area (Å²) in [5, 5.41) is 9.92. The molecule has 1 aliphatic heterocycles. The number of aliphatic hydroxyl groups excluding tert-OH is 1. The molecule has 1 N–H and O–H groups in total. The molecule has 34 heavy (non-hydrogen) atoms. The summed E-state index contributed by atoms with van der Waals surface area (Å²) >= 11 is 0. The third-order valence-electron chi connectivity index (χ3n) is 6.37. The molecule has 4 rings (SSSR count). The van der Waals surface area contributed by atoms with Crippen LogP contribution in [0.1, 0.15) is 5.56 Å². The van der Waals surface area contributed by atoms with Gasteiger partial charge in [-0.05, 0) is 42.3 Å². The van der Waals surface area contributed by atoms with Gasteiger partial charge in [-0.25, -0.2) is 4.79 Å².